The molecule has 2 aromatic carbocycles. The monoisotopic (exact) mass is 300 g/mol. The molecule has 0 N–H and O–H groups in total. The van der Waals surface area contributed by atoms with Crippen LogP contribution in [-0.4, -0.2) is 7.11 Å². The van der Waals surface area contributed by atoms with Crippen molar-refractivity contribution in [2.24, 2.45) is 0 Å². The molecule has 0 radical (unpaired) electrons. The molecule has 21 heavy (non-hydrogen) atoms. The third-order valence-electron chi connectivity index (χ3n) is 4.74. The van der Waals surface area contributed by atoms with E-state index in [0.29, 0.717) is 0 Å². The van der Waals surface area contributed by atoms with E-state index in [0.717, 1.165) is 10.8 Å². The van der Waals surface area contributed by atoms with E-state index >= 15 is 0 Å². The Hall–Kier alpha value is -1.47. The fourth-order valence-corrected chi connectivity index (χ4v) is 3.94. The molecule has 0 atom stereocenters. The number of hydrogen-bond donors (Lipinski definition) is 0. The van der Waals surface area contributed by atoms with Gasteiger partial charge in [0.25, 0.3) is 0 Å². The maximum absolute atomic E-state index is 6.53. The minimum Gasteiger partial charge on any atom is -0.497 e. The molecule has 0 spiro atoms. The molecule has 0 saturated heterocycles. The molecule has 1 saturated carbocycles. The second-order valence-electron chi connectivity index (χ2n) is 5.85. The van der Waals surface area contributed by atoms with Crippen LogP contribution in [0.4, 0.5) is 0 Å². The van der Waals surface area contributed by atoms with Crippen molar-refractivity contribution in [1.82, 2.24) is 0 Å². The van der Waals surface area contributed by atoms with Crippen LogP contribution in [0.5, 0.6) is 5.75 Å². The molecule has 2 aromatic rings. The summed E-state index contributed by atoms with van der Waals surface area (Å²) < 4.78 is 5.29. The third kappa shape index (κ3) is 2.67. The molecule has 2 heteroatoms. The Bertz CT molecular complexity index is 597. The first-order valence-corrected chi connectivity index (χ1v) is 8.04. The van der Waals surface area contributed by atoms with E-state index in [1.165, 1.54) is 43.2 Å². The van der Waals surface area contributed by atoms with Gasteiger partial charge in [-0.15, -0.1) is 0 Å². The first kappa shape index (κ1) is 14.5. The van der Waals surface area contributed by atoms with Crippen LogP contribution in [0, 0.1) is 0 Å². The van der Waals surface area contributed by atoms with Crippen molar-refractivity contribution in [2.75, 3.05) is 7.11 Å². The number of ether oxygens (including phenoxy) is 1. The van der Waals surface area contributed by atoms with Gasteiger partial charge in [0, 0.05) is 10.4 Å². The predicted molar refractivity (Wildman–Crippen MR) is 88.3 cm³/mol. The van der Waals surface area contributed by atoms with Crippen LogP contribution in [-0.2, 0) is 5.41 Å². The highest BCUT2D eigenvalue weighted by atomic mass is 35.5. The van der Waals surface area contributed by atoms with Gasteiger partial charge in [-0.3, -0.25) is 0 Å². The number of rotatable bonds is 3. The van der Waals surface area contributed by atoms with E-state index in [1.54, 1.807) is 7.11 Å². The zero-order valence-electron chi connectivity index (χ0n) is 12.4. The molecule has 1 aliphatic carbocycles. The maximum atomic E-state index is 6.53. The summed E-state index contributed by atoms with van der Waals surface area (Å²) in [6.07, 6.45) is 6.18. The Kier molecular flexibility index (Phi) is 4.21. The summed E-state index contributed by atoms with van der Waals surface area (Å²) in [6, 6.07) is 16.8. The van der Waals surface area contributed by atoms with Gasteiger partial charge in [-0.2, -0.15) is 0 Å². The zero-order valence-corrected chi connectivity index (χ0v) is 13.2. The van der Waals surface area contributed by atoms with Gasteiger partial charge in [-0.05, 0) is 42.2 Å². The Balaban J connectivity index is 2.10. The fraction of sp³-hybridized carbons (Fsp3) is 0.368. The van der Waals surface area contributed by atoms with E-state index in [-0.39, 0.29) is 5.41 Å². The highest BCUT2D eigenvalue weighted by Crippen LogP contribution is 2.47. The van der Waals surface area contributed by atoms with Crippen molar-refractivity contribution >= 4 is 11.6 Å². The highest BCUT2D eigenvalue weighted by Gasteiger charge is 2.36. The Morgan fingerprint density at radius 2 is 1.57 bits per heavy atom. The van der Waals surface area contributed by atoms with Gasteiger partial charge in [-0.1, -0.05) is 61.2 Å². The molecule has 0 aliphatic heterocycles. The van der Waals surface area contributed by atoms with Crippen LogP contribution < -0.4 is 4.74 Å². The molecule has 3 rings (SSSR count). The van der Waals surface area contributed by atoms with Crippen molar-refractivity contribution in [1.29, 1.82) is 0 Å². The fourth-order valence-electron chi connectivity index (χ4n) is 3.63. The second-order valence-corrected chi connectivity index (χ2v) is 6.26. The minimum atomic E-state index is 0.0584. The first-order chi connectivity index (χ1) is 10.3. The van der Waals surface area contributed by atoms with E-state index in [4.69, 9.17) is 16.3 Å². The smallest absolute Gasteiger partial charge is 0.118 e. The quantitative estimate of drug-likeness (QED) is 0.717. The van der Waals surface area contributed by atoms with Crippen LogP contribution in [0.1, 0.15) is 43.2 Å². The summed E-state index contributed by atoms with van der Waals surface area (Å²) in [7, 11) is 1.71. The molecule has 0 aromatic heterocycles. The lowest BCUT2D eigenvalue weighted by Gasteiger charge is -2.39. The topological polar surface area (TPSA) is 9.23 Å². The van der Waals surface area contributed by atoms with E-state index in [1.807, 2.05) is 12.1 Å². The number of hydrogen-bond acceptors (Lipinski definition) is 1. The summed E-state index contributed by atoms with van der Waals surface area (Å²) in [5.41, 5.74) is 2.69. The lowest BCUT2D eigenvalue weighted by atomic mass is 9.65. The van der Waals surface area contributed by atoms with Crippen LogP contribution in [0.3, 0.4) is 0 Å². The van der Waals surface area contributed by atoms with Crippen LogP contribution in [0.2, 0.25) is 5.02 Å². The first-order valence-electron chi connectivity index (χ1n) is 7.66. The summed E-state index contributed by atoms with van der Waals surface area (Å²) in [5, 5.41) is 0.884. The highest BCUT2D eigenvalue weighted by molar-refractivity contribution is 6.31. The van der Waals surface area contributed by atoms with Gasteiger partial charge in [-0.25, -0.2) is 0 Å². The van der Waals surface area contributed by atoms with Gasteiger partial charge < -0.3 is 4.74 Å². The molecule has 1 aliphatic rings. The Morgan fingerprint density at radius 3 is 2.19 bits per heavy atom. The Morgan fingerprint density at radius 1 is 0.905 bits per heavy atom. The molecule has 0 unspecified atom stereocenters. The molecule has 0 heterocycles. The van der Waals surface area contributed by atoms with Crippen molar-refractivity contribution in [3.05, 3.63) is 64.7 Å². The van der Waals surface area contributed by atoms with Gasteiger partial charge in [0.2, 0.25) is 0 Å². The van der Waals surface area contributed by atoms with Crippen LogP contribution in [0.25, 0.3) is 0 Å². The Labute approximate surface area is 131 Å². The van der Waals surface area contributed by atoms with E-state index < -0.39 is 0 Å². The molecule has 1 nitrogen and oxygen atoms in total. The summed E-state index contributed by atoms with van der Waals surface area (Å²) >= 11 is 6.53. The van der Waals surface area contributed by atoms with Gasteiger partial charge >= 0.3 is 0 Å². The number of halogens is 1. The molecular weight excluding hydrogens is 280 g/mol. The van der Waals surface area contributed by atoms with Crippen molar-refractivity contribution in [2.45, 2.75) is 37.5 Å². The van der Waals surface area contributed by atoms with Gasteiger partial charge in [0.1, 0.15) is 5.75 Å². The standard InChI is InChI=1S/C19H21ClO/c1-21-16-11-9-15(10-12-16)19(13-5-2-6-14-19)17-7-3-4-8-18(17)20/h3-4,7-12H,2,5-6,13-14H2,1H3. The predicted octanol–water partition coefficient (Wildman–Crippen LogP) is 5.60. The molecule has 110 valence electrons. The SMILES string of the molecule is COc1ccc(C2(c3ccccc3Cl)CCCCC2)cc1. The lowest BCUT2D eigenvalue weighted by Crippen LogP contribution is -2.30. The van der Waals surface area contributed by atoms with Crippen molar-refractivity contribution in [3.63, 3.8) is 0 Å². The molecular formula is C19H21ClO. The molecule has 0 bridgehead atoms. The maximum Gasteiger partial charge on any atom is 0.118 e. The van der Waals surface area contributed by atoms with E-state index in [9.17, 15) is 0 Å². The zero-order chi connectivity index (χ0) is 14.7. The largest absolute Gasteiger partial charge is 0.497 e. The third-order valence-corrected chi connectivity index (χ3v) is 5.07. The van der Waals surface area contributed by atoms with Crippen LogP contribution >= 0.6 is 11.6 Å². The van der Waals surface area contributed by atoms with Gasteiger partial charge in [0.05, 0.1) is 7.11 Å². The average molecular weight is 301 g/mol. The van der Waals surface area contributed by atoms with Gasteiger partial charge in [0.15, 0.2) is 0 Å². The van der Waals surface area contributed by atoms with Crippen LogP contribution in [0.15, 0.2) is 48.5 Å². The lowest BCUT2D eigenvalue weighted by molar-refractivity contribution is 0.345. The minimum absolute atomic E-state index is 0.0584. The summed E-state index contributed by atoms with van der Waals surface area (Å²) in [5.74, 6) is 0.906. The molecule has 0 amide bonds. The van der Waals surface area contributed by atoms with Crippen molar-refractivity contribution < 1.29 is 4.74 Å². The van der Waals surface area contributed by atoms with E-state index in [2.05, 4.69) is 36.4 Å². The average Bonchev–Trinajstić information content (AvgIpc) is 2.56. The molecule has 1 fully saturated rings. The summed E-state index contributed by atoms with van der Waals surface area (Å²) in [6.45, 7) is 0. The number of methoxy groups -OCH3 is 1. The second kappa shape index (κ2) is 6.11. The number of benzene rings is 2. The van der Waals surface area contributed by atoms with Crippen molar-refractivity contribution in [3.8, 4) is 5.75 Å². The summed E-state index contributed by atoms with van der Waals surface area (Å²) in [4.78, 5) is 0. The normalized spacial score (nSPS) is 17.4.